The SMILES string of the molecule is CC(C)C(=O)Nc1nc2nc[nH]c2c(=O)n1C. The minimum atomic E-state index is -0.272. The number of rotatable bonds is 2. The normalized spacial score (nSPS) is 11.1. The lowest BCUT2D eigenvalue weighted by Crippen LogP contribution is -2.27. The Morgan fingerprint density at radius 1 is 1.53 bits per heavy atom. The molecule has 17 heavy (non-hydrogen) atoms. The number of carbonyl (C=O) groups is 1. The van der Waals surface area contributed by atoms with Gasteiger partial charge in [0.2, 0.25) is 11.9 Å². The number of H-pyrrole nitrogens is 1. The second-order valence-corrected chi connectivity index (χ2v) is 4.04. The molecule has 7 heteroatoms. The molecule has 90 valence electrons. The third kappa shape index (κ3) is 1.91. The van der Waals surface area contributed by atoms with Crippen molar-refractivity contribution < 1.29 is 4.79 Å². The van der Waals surface area contributed by atoms with Crippen LogP contribution in [0.25, 0.3) is 11.2 Å². The van der Waals surface area contributed by atoms with E-state index in [9.17, 15) is 9.59 Å². The van der Waals surface area contributed by atoms with Gasteiger partial charge in [-0.2, -0.15) is 4.98 Å². The molecule has 0 aromatic carbocycles. The van der Waals surface area contributed by atoms with Crippen molar-refractivity contribution in [3.8, 4) is 0 Å². The number of anilines is 1. The molecule has 0 saturated carbocycles. The maximum Gasteiger partial charge on any atom is 0.280 e. The van der Waals surface area contributed by atoms with Crippen molar-refractivity contribution in [1.82, 2.24) is 19.5 Å². The minimum Gasteiger partial charge on any atom is -0.339 e. The number of carbonyl (C=O) groups excluding carboxylic acids is 1. The van der Waals surface area contributed by atoms with Gasteiger partial charge >= 0.3 is 0 Å². The molecule has 2 aromatic heterocycles. The topological polar surface area (TPSA) is 92.7 Å². The summed E-state index contributed by atoms with van der Waals surface area (Å²) < 4.78 is 1.28. The first-order valence-electron chi connectivity index (χ1n) is 5.21. The quantitative estimate of drug-likeness (QED) is 0.780. The Labute approximate surface area is 96.9 Å². The second-order valence-electron chi connectivity index (χ2n) is 4.04. The van der Waals surface area contributed by atoms with Crippen LogP contribution in [0.1, 0.15) is 13.8 Å². The summed E-state index contributed by atoms with van der Waals surface area (Å²) in [7, 11) is 1.55. The zero-order valence-electron chi connectivity index (χ0n) is 9.81. The lowest BCUT2D eigenvalue weighted by Gasteiger charge is -2.09. The highest BCUT2D eigenvalue weighted by atomic mass is 16.2. The van der Waals surface area contributed by atoms with Gasteiger partial charge in [-0.15, -0.1) is 0 Å². The Kier molecular flexibility index (Phi) is 2.66. The minimum absolute atomic E-state index is 0.179. The van der Waals surface area contributed by atoms with Crippen LogP contribution in [0.5, 0.6) is 0 Å². The smallest absolute Gasteiger partial charge is 0.280 e. The number of imidazole rings is 1. The number of fused-ring (bicyclic) bond motifs is 1. The zero-order valence-corrected chi connectivity index (χ0v) is 9.81. The summed E-state index contributed by atoms with van der Waals surface area (Å²) in [4.78, 5) is 34.1. The molecule has 0 fully saturated rings. The number of aromatic amines is 1. The molecule has 0 bridgehead atoms. The molecular formula is C10H13N5O2. The van der Waals surface area contributed by atoms with Gasteiger partial charge in [0, 0.05) is 13.0 Å². The molecule has 0 unspecified atom stereocenters. The maximum absolute atomic E-state index is 11.9. The van der Waals surface area contributed by atoms with Crippen molar-refractivity contribution in [3.63, 3.8) is 0 Å². The van der Waals surface area contributed by atoms with Crippen LogP contribution in [-0.2, 0) is 11.8 Å². The van der Waals surface area contributed by atoms with Crippen molar-refractivity contribution in [2.45, 2.75) is 13.8 Å². The van der Waals surface area contributed by atoms with Gasteiger partial charge in [-0.3, -0.25) is 19.5 Å². The number of nitrogens with zero attached hydrogens (tertiary/aromatic N) is 3. The van der Waals surface area contributed by atoms with Gasteiger partial charge in [-0.1, -0.05) is 13.8 Å². The number of hydrogen-bond acceptors (Lipinski definition) is 4. The van der Waals surface area contributed by atoms with Crippen LogP contribution in [0.3, 0.4) is 0 Å². The van der Waals surface area contributed by atoms with Crippen LogP contribution in [0, 0.1) is 5.92 Å². The van der Waals surface area contributed by atoms with Gasteiger partial charge in [0.05, 0.1) is 6.33 Å². The van der Waals surface area contributed by atoms with E-state index < -0.39 is 0 Å². The molecule has 0 aliphatic rings. The van der Waals surface area contributed by atoms with Crippen molar-refractivity contribution in [2.75, 3.05) is 5.32 Å². The van der Waals surface area contributed by atoms with E-state index in [0.717, 1.165) is 0 Å². The first-order valence-corrected chi connectivity index (χ1v) is 5.21. The zero-order chi connectivity index (χ0) is 12.6. The first kappa shape index (κ1) is 11.3. The molecule has 0 saturated heterocycles. The van der Waals surface area contributed by atoms with E-state index in [1.807, 2.05) is 0 Å². The van der Waals surface area contributed by atoms with Crippen molar-refractivity contribution in [2.24, 2.45) is 13.0 Å². The second kappa shape index (κ2) is 4.00. The lowest BCUT2D eigenvalue weighted by molar-refractivity contribution is -0.118. The summed E-state index contributed by atoms with van der Waals surface area (Å²) in [5.41, 5.74) is 0.355. The van der Waals surface area contributed by atoms with Gasteiger partial charge in [-0.05, 0) is 0 Å². The summed E-state index contributed by atoms with van der Waals surface area (Å²) in [5.74, 6) is -0.169. The molecule has 0 radical (unpaired) electrons. The highest BCUT2D eigenvalue weighted by Gasteiger charge is 2.13. The number of nitrogens with one attached hydrogen (secondary N) is 2. The van der Waals surface area contributed by atoms with Gasteiger partial charge in [0.1, 0.15) is 0 Å². The predicted octanol–water partition coefficient (Wildman–Crippen LogP) is 0.251. The van der Waals surface area contributed by atoms with Crippen molar-refractivity contribution >= 4 is 23.0 Å². The third-order valence-corrected chi connectivity index (χ3v) is 2.43. The summed E-state index contributed by atoms with van der Waals surface area (Å²) in [6.45, 7) is 3.53. The monoisotopic (exact) mass is 235 g/mol. The van der Waals surface area contributed by atoms with Gasteiger partial charge in [0.25, 0.3) is 5.56 Å². The molecule has 2 N–H and O–H groups in total. The van der Waals surface area contributed by atoms with Crippen molar-refractivity contribution in [3.05, 3.63) is 16.7 Å². The molecule has 2 heterocycles. The van der Waals surface area contributed by atoms with Crippen LogP contribution >= 0.6 is 0 Å². The fraction of sp³-hybridized carbons (Fsp3) is 0.400. The predicted molar refractivity (Wildman–Crippen MR) is 62.6 cm³/mol. The standard InChI is InChI=1S/C10H13N5O2/c1-5(2)8(16)14-10-13-7-6(11-4-12-7)9(17)15(10)3/h4-5H,1-3H3,(H,11,12)(H,13,14,16). The van der Waals surface area contributed by atoms with Crippen LogP contribution in [0.2, 0.25) is 0 Å². The number of amides is 1. The van der Waals surface area contributed by atoms with Crippen LogP contribution in [0.15, 0.2) is 11.1 Å². The van der Waals surface area contributed by atoms with Crippen molar-refractivity contribution in [1.29, 1.82) is 0 Å². The van der Waals surface area contributed by atoms with E-state index in [-0.39, 0.29) is 23.3 Å². The van der Waals surface area contributed by atoms with E-state index in [4.69, 9.17) is 0 Å². The molecule has 1 amide bonds. The summed E-state index contributed by atoms with van der Waals surface area (Å²) in [6, 6.07) is 0. The van der Waals surface area contributed by atoms with E-state index in [0.29, 0.717) is 11.2 Å². The highest BCUT2D eigenvalue weighted by Crippen LogP contribution is 2.07. The Bertz CT molecular complexity index is 625. The van der Waals surface area contributed by atoms with E-state index in [1.54, 1.807) is 20.9 Å². The molecule has 0 aliphatic heterocycles. The number of aromatic nitrogens is 4. The fourth-order valence-electron chi connectivity index (χ4n) is 1.33. The molecule has 7 nitrogen and oxygen atoms in total. The van der Waals surface area contributed by atoms with Gasteiger partial charge in [0.15, 0.2) is 11.2 Å². The van der Waals surface area contributed by atoms with Gasteiger partial charge < -0.3 is 4.98 Å². The first-order chi connectivity index (χ1) is 8.00. The largest absolute Gasteiger partial charge is 0.339 e. The van der Waals surface area contributed by atoms with E-state index >= 15 is 0 Å². The Morgan fingerprint density at radius 3 is 2.88 bits per heavy atom. The van der Waals surface area contributed by atoms with Crippen LogP contribution in [0.4, 0.5) is 5.95 Å². The average molecular weight is 235 g/mol. The molecule has 0 aliphatic carbocycles. The Balaban J connectivity index is 2.51. The van der Waals surface area contributed by atoms with Crippen LogP contribution < -0.4 is 10.9 Å². The molecular weight excluding hydrogens is 222 g/mol. The Morgan fingerprint density at radius 2 is 2.24 bits per heavy atom. The van der Waals surface area contributed by atoms with E-state index in [1.165, 1.54) is 10.9 Å². The summed E-state index contributed by atoms with van der Waals surface area (Å²) in [6.07, 6.45) is 1.40. The summed E-state index contributed by atoms with van der Waals surface area (Å²) >= 11 is 0. The molecule has 2 rings (SSSR count). The number of hydrogen-bond donors (Lipinski definition) is 2. The fourth-order valence-corrected chi connectivity index (χ4v) is 1.33. The summed E-state index contributed by atoms with van der Waals surface area (Å²) in [5, 5.41) is 2.59. The maximum atomic E-state index is 11.9. The third-order valence-electron chi connectivity index (χ3n) is 2.43. The average Bonchev–Trinajstić information content (AvgIpc) is 2.73. The molecule has 2 aromatic rings. The Hall–Kier alpha value is -2.18. The lowest BCUT2D eigenvalue weighted by atomic mass is 10.2. The van der Waals surface area contributed by atoms with Gasteiger partial charge in [-0.25, -0.2) is 4.98 Å². The molecule has 0 spiro atoms. The molecule has 0 atom stereocenters. The highest BCUT2D eigenvalue weighted by molar-refractivity contribution is 5.91. The van der Waals surface area contributed by atoms with E-state index in [2.05, 4.69) is 20.3 Å². The van der Waals surface area contributed by atoms with Crippen LogP contribution in [-0.4, -0.2) is 25.4 Å².